The summed E-state index contributed by atoms with van der Waals surface area (Å²) in [6.07, 6.45) is 7.56. The lowest BCUT2D eigenvalue weighted by atomic mass is 10.0. The van der Waals surface area contributed by atoms with Gasteiger partial charge in [0.2, 0.25) is 0 Å². The third-order valence-corrected chi connectivity index (χ3v) is 4.10. The number of nitrogens with zero attached hydrogens (tertiary/aromatic N) is 1. The lowest BCUT2D eigenvalue weighted by Gasteiger charge is -2.22. The van der Waals surface area contributed by atoms with Gasteiger partial charge in [-0.1, -0.05) is 25.7 Å². The molecule has 2 aliphatic rings. The first kappa shape index (κ1) is 13.2. The van der Waals surface area contributed by atoms with Crippen molar-refractivity contribution in [3.63, 3.8) is 0 Å². The van der Waals surface area contributed by atoms with Gasteiger partial charge >= 0.3 is 12.0 Å². The molecular formula is C13H22N2O3. The molecule has 2 rings (SSSR count). The Morgan fingerprint density at radius 3 is 2.56 bits per heavy atom. The SMILES string of the molecule is O=C(O)[C@H]1CCCN1C(=O)NCCC1CCCC1. The Balaban J connectivity index is 1.71. The topological polar surface area (TPSA) is 69.6 Å². The minimum Gasteiger partial charge on any atom is -0.480 e. The number of carbonyl (C=O) groups is 2. The summed E-state index contributed by atoms with van der Waals surface area (Å²) in [6, 6.07) is -0.839. The van der Waals surface area contributed by atoms with Crippen LogP contribution in [-0.2, 0) is 4.79 Å². The minimum absolute atomic E-state index is 0.210. The molecule has 2 fully saturated rings. The molecule has 2 amide bonds. The van der Waals surface area contributed by atoms with Crippen molar-refractivity contribution in [3.8, 4) is 0 Å². The molecule has 5 heteroatoms. The molecule has 0 bridgehead atoms. The largest absolute Gasteiger partial charge is 0.480 e. The lowest BCUT2D eigenvalue weighted by molar-refractivity contribution is -0.141. The van der Waals surface area contributed by atoms with Crippen molar-refractivity contribution in [3.05, 3.63) is 0 Å². The standard InChI is InChI=1S/C13H22N2O3/c16-12(17)11-6-3-9-15(11)13(18)14-8-7-10-4-1-2-5-10/h10-11H,1-9H2,(H,14,18)(H,16,17)/t11-/m1/s1. The van der Waals surface area contributed by atoms with Gasteiger partial charge in [0, 0.05) is 13.1 Å². The van der Waals surface area contributed by atoms with Crippen molar-refractivity contribution in [1.82, 2.24) is 10.2 Å². The summed E-state index contributed by atoms with van der Waals surface area (Å²) in [5.74, 6) is -0.141. The molecule has 0 aromatic rings. The molecule has 1 atom stereocenters. The average Bonchev–Trinajstić information content (AvgIpc) is 2.99. The van der Waals surface area contributed by atoms with Crippen LogP contribution in [0.2, 0.25) is 0 Å². The zero-order valence-corrected chi connectivity index (χ0v) is 10.7. The first-order chi connectivity index (χ1) is 8.68. The fraction of sp³-hybridized carbons (Fsp3) is 0.846. The van der Waals surface area contributed by atoms with Gasteiger partial charge in [-0.15, -0.1) is 0 Å². The summed E-state index contributed by atoms with van der Waals surface area (Å²) in [4.78, 5) is 24.3. The van der Waals surface area contributed by atoms with Crippen LogP contribution in [-0.4, -0.2) is 41.1 Å². The van der Waals surface area contributed by atoms with Crippen LogP contribution in [0.4, 0.5) is 4.79 Å². The Morgan fingerprint density at radius 2 is 1.89 bits per heavy atom. The van der Waals surface area contributed by atoms with Gasteiger partial charge in [0.25, 0.3) is 0 Å². The molecule has 0 spiro atoms. The summed E-state index contributed by atoms with van der Waals surface area (Å²) in [7, 11) is 0. The first-order valence-electron chi connectivity index (χ1n) is 6.96. The second kappa shape index (κ2) is 6.07. The molecule has 102 valence electrons. The van der Waals surface area contributed by atoms with Crippen molar-refractivity contribution in [2.45, 2.75) is 51.0 Å². The van der Waals surface area contributed by atoms with E-state index in [1.54, 1.807) is 0 Å². The second-order valence-corrected chi connectivity index (χ2v) is 5.36. The molecule has 0 aromatic carbocycles. The summed E-state index contributed by atoms with van der Waals surface area (Å²) in [5, 5.41) is 11.9. The second-order valence-electron chi connectivity index (χ2n) is 5.36. The van der Waals surface area contributed by atoms with E-state index in [2.05, 4.69) is 5.32 Å². The number of carboxylic acid groups (broad SMARTS) is 1. The van der Waals surface area contributed by atoms with Crippen LogP contribution in [0.1, 0.15) is 44.9 Å². The first-order valence-corrected chi connectivity index (χ1v) is 6.96. The van der Waals surface area contributed by atoms with E-state index in [1.165, 1.54) is 30.6 Å². The zero-order valence-electron chi connectivity index (χ0n) is 10.7. The summed E-state index contributed by atoms with van der Waals surface area (Å²) >= 11 is 0. The van der Waals surface area contributed by atoms with Crippen LogP contribution in [0, 0.1) is 5.92 Å². The van der Waals surface area contributed by atoms with Crippen molar-refractivity contribution in [1.29, 1.82) is 0 Å². The number of aliphatic carboxylic acids is 1. The smallest absolute Gasteiger partial charge is 0.326 e. The molecule has 1 saturated carbocycles. The maximum Gasteiger partial charge on any atom is 0.326 e. The summed E-state index contributed by atoms with van der Waals surface area (Å²) < 4.78 is 0. The molecule has 0 aromatic heterocycles. The van der Waals surface area contributed by atoms with Gasteiger partial charge in [0.15, 0.2) is 0 Å². The molecule has 1 saturated heterocycles. The number of hydrogen-bond acceptors (Lipinski definition) is 2. The molecule has 18 heavy (non-hydrogen) atoms. The summed E-state index contributed by atoms with van der Waals surface area (Å²) in [5.41, 5.74) is 0. The predicted octanol–water partition coefficient (Wildman–Crippen LogP) is 1.83. The molecule has 1 aliphatic heterocycles. The highest BCUT2D eigenvalue weighted by atomic mass is 16.4. The Kier molecular flexibility index (Phi) is 4.44. The van der Waals surface area contributed by atoms with Crippen LogP contribution in [0.3, 0.4) is 0 Å². The monoisotopic (exact) mass is 254 g/mol. The molecule has 2 N–H and O–H groups in total. The maximum atomic E-state index is 11.9. The van der Waals surface area contributed by atoms with Crippen molar-refractivity contribution >= 4 is 12.0 Å². The van der Waals surface area contributed by atoms with E-state index < -0.39 is 12.0 Å². The molecule has 0 unspecified atom stereocenters. The van der Waals surface area contributed by atoms with Gasteiger partial charge in [-0.05, 0) is 25.2 Å². The zero-order chi connectivity index (χ0) is 13.0. The number of hydrogen-bond donors (Lipinski definition) is 2. The highest BCUT2D eigenvalue weighted by Crippen LogP contribution is 2.27. The Hall–Kier alpha value is -1.26. The molecule has 1 heterocycles. The van der Waals surface area contributed by atoms with E-state index in [9.17, 15) is 9.59 Å². The van der Waals surface area contributed by atoms with Crippen LogP contribution < -0.4 is 5.32 Å². The highest BCUT2D eigenvalue weighted by Gasteiger charge is 2.33. The van der Waals surface area contributed by atoms with Gasteiger partial charge in [-0.3, -0.25) is 0 Å². The van der Waals surface area contributed by atoms with Crippen LogP contribution in [0.5, 0.6) is 0 Å². The lowest BCUT2D eigenvalue weighted by Crippen LogP contribution is -2.46. The maximum absolute atomic E-state index is 11.9. The normalized spacial score (nSPS) is 24.4. The summed E-state index contributed by atoms with van der Waals surface area (Å²) in [6.45, 7) is 1.23. The van der Waals surface area contributed by atoms with Crippen LogP contribution >= 0.6 is 0 Å². The Bertz CT molecular complexity index is 313. The van der Waals surface area contributed by atoms with Crippen LogP contribution in [0.15, 0.2) is 0 Å². The third-order valence-electron chi connectivity index (χ3n) is 4.10. The number of carbonyl (C=O) groups excluding carboxylic acids is 1. The number of nitrogens with one attached hydrogen (secondary N) is 1. The van der Waals surface area contributed by atoms with Crippen molar-refractivity contribution in [2.24, 2.45) is 5.92 Å². The Labute approximate surface area is 108 Å². The number of likely N-dealkylation sites (tertiary alicyclic amines) is 1. The van der Waals surface area contributed by atoms with Gasteiger partial charge in [-0.2, -0.15) is 0 Å². The van der Waals surface area contributed by atoms with Gasteiger partial charge < -0.3 is 15.3 Å². The molecule has 5 nitrogen and oxygen atoms in total. The Morgan fingerprint density at radius 1 is 1.17 bits per heavy atom. The fourth-order valence-electron chi connectivity index (χ4n) is 3.05. The predicted molar refractivity (Wildman–Crippen MR) is 67.3 cm³/mol. The van der Waals surface area contributed by atoms with Gasteiger partial charge in [0.05, 0.1) is 0 Å². The van der Waals surface area contributed by atoms with E-state index in [-0.39, 0.29) is 6.03 Å². The molecular weight excluding hydrogens is 232 g/mol. The van der Waals surface area contributed by atoms with Crippen molar-refractivity contribution < 1.29 is 14.7 Å². The third kappa shape index (κ3) is 3.15. The van der Waals surface area contributed by atoms with E-state index in [4.69, 9.17) is 5.11 Å². The van der Waals surface area contributed by atoms with Gasteiger partial charge in [0.1, 0.15) is 6.04 Å². The fourth-order valence-corrected chi connectivity index (χ4v) is 3.05. The minimum atomic E-state index is -0.890. The average molecular weight is 254 g/mol. The highest BCUT2D eigenvalue weighted by molar-refractivity contribution is 5.83. The van der Waals surface area contributed by atoms with E-state index in [1.807, 2.05) is 0 Å². The molecule has 0 radical (unpaired) electrons. The van der Waals surface area contributed by atoms with Crippen molar-refractivity contribution in [2.75, 3.05) is 13.1 Å². The van der Waals surface area contributed by atoms with E-state index in [0.717, 1.165) is 18.8 Å². The van der Waals surface area contributed by atoms with Gasteiger partial charge in [-0.25, -0.2) is 9.59 Å². The number of carboxylic acids is 1. The molecule has 1 aliphatic carbocycles. The number of amides is 2. The van der Waals surface area contributed by atoms with E-state index in [0.29, 0.717) is 19.5 Å². The van der Waals surface area contributed by atoms with Crippen LogP contribution in [0.25, 0.3) is 0 Å². The van der Waals surface area contributed by atoms with E-state index >= 15 is 0 Å². The number of urea groups is 1. The number of rotatable bonds is 4. The quantitative estimate of drug-likeness (QED) is 0.804.